The molecule has 3 N–H and O–H groups in total. The minimum atomic E-state index is -0.350. The Hall–Kier alpha value is -1.73. The zero-order chi connectivity index (χ0) is 15.5. The molecule has 0 aromatic carbocycles. The molecule has 7 heteroatoms. The highest BCUT2D eigenvalue weighted by molar-refractivity contribution is 7.09. The first-order chi connectivity index (χ1) is 10.6. The van der Waals surface area contributed by atoms with E-state index in [0.717, 1.165) is 41.5 Å². The molecule has 0 aliphatic carbocycles. The van der Waals surface area contributed by atoms with Crippen LogP contribution < -0.4 is 10.6 Å². The van der Waals surface area contributed by atoms with E-state index in [-0.39, 0.29) is 11.9 Å². The van der Waals surface area contributed by atoms with Crippen molar-refractivity contribution >= 4 is 17.2 Å². The van der Waals surface area contributed by atoms with Crippen molar-refractivity contribution in [1.29, 1.82) is 0 Å². The van der Waals surface area contributed by atoms with Gasteiger partial charge in [-0.05, 0) is 0 Å². The van der Waals surface area contributed by atoms with Crippen molar-refractivity contribution in [1.82, 2.24) is 25.6 Å². The maximum Gasteiger partial charge on any atom is 0.243 e. The number of H-pyrrole nitrogens is 1. The van der Waals surface area contributed by atoms with Crippen molar-refractivity contribution in [2.24, 2.45) is 0 Å². The normalized spacial score (nSPS) is 17.5. The highest BCUT2D eigenvalue weighted by atomic mass is 32.1. The number of amides is 1. The Morgan fingerprint density at radius 2 is 2.41 bits per heavy atom. The first-order valence-corrected chi connectivity index (χ1v) is 8.50. The van der Waals surface area contributed by atoms with Gasteiger partial charge in [-0.2, -0.15) is 0 Å². The molecule has 1 amide bonds. The van der Waals surface area contributed by atoms with Crippen molar-refractivity contribution in [2.75, 3.05) is 13.1 Å². The second-order valence-electron chi connectivity index (χ2n) is 5.78. The van der Waals surface area contributed by atoms with Crippen molar-refractivity contribution < 1.29 is 4.79 Å². The highest BCUT2D eigenvalue weighted by Crippen LogP contribution is 2.20. The molecule has 1 aliphatic rings. The van der Waals surface area contributed by atoms with Crippen LogP contribution in [0.5, 0.6) is 0 Å². The summed E-state index contributed by atoms with van der Waals surface area (Å²) in [4.78, 5) is 24.3. The fraction of sp³-hybridized carbons (Fsp3) is 0.533. The van der Waals surface area contributed by atoms with Crippen LogP contribution in [0.25, 0.3) is 0 Å². The summed E-state index contributed by atoms with van der Waals surface area (Å²) in [5, 5.41) is 9.43. The maximum absolute atomic E-state index is 12.3. The van der Waals surface area contributed by atoms with Crippen molar-refractivity contribution in [3.63, 3.8) is 0 Å². The molecule has 0 saturated heterocycles. The third kappa shape index (κ3) is 3.20. The number of aromatic nitrogens is 3. The molecule has 2 aromatic heterocycles. The van der Waals surface area contributed by atoms with Crippen molar-refractivity contribution in [3.8, 4) is 0 Å². The van der Waals surface area contributed by atoms with E-state index in [1.807, 2.05) is 0 Å². The van der Waals surface area contributed by atoms with Crippen molar-refractivity contribution in [3.05, 3.63) is 33.8 Å². The average Bonchev–Trinajstić information content (AvgIpc) is 3.15. The van der Waals surface area contributed by atoms with Gasteiger partial charge < -0.3 is 15.6 Å². The van der Waals surface area contributed by atoms with E-state index in [9.17, 15) is 4.79 Å². The summed E-state index contributed by atoms with van der Waals surface area (Å²) in [6.45, 7) is 5.66. The van der Waals surface area contributed by atoms with Gasteiger partial charge in [-0.1, -0.05) is 13.8 Å². The smallest absolute Gasteiger partial charge is 0.243 e. The van der Waals surface area contributed by atoms with Crippen molar-refractivity contribution in [2.45, 2.75) is 38.6 Å². The predicted octanol–water partition coefficient (Wildman–Crippen LogP) is 1.54. The standard InChI is InChI=1S/C15H21N5OS/c1-9(2)15-20-10(7-22-15)3-5-17-14(21)13-12-11(4-6-16-13)18-8-19-12/h7-9,13,16H,3-6H2,1-2H3,(H,17,21)(H,18,19). The van der Waals surface area contributed by atoms with Gasteiger partial charge in [0, 0.05) is 42.9 Å². The second-order valence-corrected chi connectivity index (χ2v) is 6.67. The number of aromatic amines is 1. The lowest BCUT2D eigenvalue weighted by molar-refractivity contribution is -0.123. The number of nitrogens with zero attached hydrogens (tertiary/aromatic N) is 2. The number of carbonyl (C=O) groups is 1. The minimum absolute atomic E-state index is 0.0210. The number of thiazole rings is 1. The fourth-order valence-corrected chi connectivity index (χ4v) is 3.42. The lowest BCUT2D eigenvalue weighted by Gasteiger charge is -2.22. The molecule has 0 spiro atoms. The molecule has 3 heterocycles. The molecule has 6 nitrogen and oxygen atoms in total. The van der Waals surface area contributed by atoms with Crippen LogP contribution in [0.15, 0.2) is 11.7 Å². The van der Waals surface area contributed by atoms with Gasteiger partial charge >= 0.3 is 0 Å². The zero-order valence-corrected chi connectivity index (χ0v) is 13.7. The predicted molar refractivity (Wildman–Crippen MR) is 86.0 cm³/mol. The van der Waals surface area contributed by atoms with E-state index >= 15 is 0 Å². The Balaban J connectivity index is 1.53. The van der Waals surface area contributed by atoms with E-state index in [2.05, 4.69) is 44.8 Å². The summed E-state index contributed by atoms with van der Waals surface area (Å²) in [5.41, 5.74) is 2.92. The molecule has 118 valence electrons. The Morgan fingerprint density at radius 1 is 1.55 bits per heavy atom. The highest BCUT2D eigenvalue weighted by Gasteiger charge is 2.27. The molecule has 0 saturated carbocycles. The van der Waals surface area contributed by atoms with Crippen LogP contribution in [0.2, 0.25) is 0 Å². The lowest BCUT2D eigenvalue weighted by atomic mass is 10.1. The van der Waals surface area contributed by atoms with Gasteiger partial charge in [0.15, 0.2) is 0 Å². The molecular weight excluding hydrogens is 298 g/mol. The molecule has 22 heavy (non-hydrogen) atoms. The summed E-state index contributed by atoms with van der Waals surface area (Å²) in [7, 11) is 0. The molecule has 1 unspecified atom stereocenters. The molecule has 0 fully saturated rings. The Morgan fingerprint density at radius 3 is 3.18 bits per heavy atom. The molecule has 1 atom stereocenters. The number of hydrogen-bond acceptors (Lipinski definition) is 5. The molecule has 1 aliphatic heterocycles. The summed E-state index contributed by atoms with van der Waals surface area (Å²) in [6, 6.07) is -0.350. The first-order valence-electron chi connectivity index (χ1n) is 7.62. The molecule has 2 aromatic rings. The van der Waals surface area contributed by atoms with Gasteiger partial charge in [-0.3, -0.25) is 4.79 Å². The third-order valence-electron chi connectivity index (χ3n) is 3.75. The Labute approximate surface area is 133 Å². The van der Waals surface area contributed by atoms with Gasteiger partial charge in [-0.15, -0.1) is 11.3 Å². The number of nitrogens with one attached hydrogen (secondary N) is 3. The summed E-state index contributed by atoms with van der Waals surface area (Å²) in [6.07, 6.45) is 3.30. The summed E-state index contributed by atoms with van der Waals surface area (Å²) >= 11 is 1.69. The van der Waals surface area contributed by atoms with Crippen LogP contribution in [0.4, 0.5) is 0 Å². The van der Waals surface area contributed by atoms with E-state index in [0.29, 0.717) is 12.5 Å². The van der Waals surface area contributed by atoms with E-state index in [1.54, 1.807) is 17.7 Å². The van der Waals surface area contributed by atoms with Gasteiger partial charge in [0.2, 0.25) is 5.91 Å². The molecule has 0 bridgehead atoms. The van der Waals surface area contributed by atoms with E-state index < -0.39 is 0 Å². The lowest BCUT2D eigenvalue weighted by Crippen LogP contribution is -2.42. The monoisotopic (exact) mass is 319 g/mol. The summed E-state index contributed by atoms with van der Waals surface area (Å²) in [5.74, 6) is 0.435. The number of rotatable bonds is 5. The molecular formula is C15H21N5OS. The van der Waals surface area contributed by atoms with Crippen LogP contribution in [-0.2, 0) is 17.6 Å². The van der Waals surface area contributed by atoms with E-state index in [4.69, 9.17) is 0 Å². The molecule has 3 rings (SSSR count). The maximum atomic E-state index is 12.3. The average molecular weight is 319 g/mol. The fourth-order valence-electron chi connectivity index (χ4n) is 2.55. The quantitative estimate of drug-likeness (QED) is 0.780. The molecule has 0 radical (unpaired) electrons. The van der Waals surface area contributed by atoms with Crippen LogP contribution in [-0.4, -0.2) is 33.9 Å². The topological polar surface area (TPSA) is 82.7 Å². The zero-order valence-electron chi connectivity index (χ0n) is 12.8. The van der Waals surface area contributed by atoms with E-state index in [1.165, 1.54) is 0 Å². The van der Waals surface area contributed by atoms with Crippen LogP contribution in [0.1, 0.15) is 47.9 Å². The van der Waals surface area contributed by atoms with Crippen LogP contribution in [0.3, 0.4) is 0 Å². The first kappa shape index (κ1) is 15.2. The second kappa shape index (κ2) is 6.58. The minimum Gasteiger partial charge on any atom is -0.354 e. The van der Waals surface area contributed by atoms with Gasteiger partial charge in [0.1, 0.15) is 6.04 Å². The van der Waals surface area contributed by atoms with Crippen LogP contribution >= 0.6 is 11.3 Å². The van der Waals surface area contributed by atoms with Gasteiger partial charge in [0.05, 0.1) is 22.7 Å². The third-order valence-corrected chi connectivity index (χ3v) is 4.95. The Bertz CT molecular complexity index is 648. The van der Waals surface area contributed by atoms with Gasteiger partial charge in [-0.25, -0.2) is 9.97 Å². The van der Waals surface area contributed by atoms with Gasteiger partial charge in [0.25, 0.3) is 0 Å². The SMILES string of the molecule is CC(C)c1nc(CCNC(=O)C2NCCc3[nH]cnc32)cs1. The number of imidazole rings is 1. The number of fused-ring (bicyclic) bond motifs is 1. The number of hydrogen-bond donors (Lipinski definition) is 3. The Kier molecular flexibility index (Phi) is 4.54. The van der Waals surface area contributed by atoms with Crippen LogP contribution in [0, 0.1) is 0 Å². The largest absolute Gasteiger partial charge is 0.354 e. The number of carbonyl (C=O) groups excluding carboxylic acids is 1. The summed E-state index contributed by atoms with van der Waals surface area (Å²) < 4.78 is 0.